The third-order valence-corrected chi connectivity index (χ3v) is 3.76. The summed E-state index contributed by atoms with van der Waals surface area (Å²) in [5.41, 5.74) is 0.986. The third kappa shape index (κ3) is 2.54. The first kappa shape index (κ1) is 12.4. The highest BCUT2D eigenvalue weighted by molar-refractivity contribution is 5.51. The summed E-state index contributed by atoms with van der Waals surface area (Å²) < 4.78 is 5.83. The fraction of sp³-hybridized carbons (Fsp3) is 0.467. The van der Waals surface area contributed by atoms with E-state index in [1.54, 1.807) is 0 Å². The van der Waals surface area contributed by atoms with Crippen molar-refractivity contribution in [2.45, 2.75) is 32.2 Å². The van der Waals surface area contributed by atoms with Crippen LogP contribution in [0.15, 0.2) is 34.7 Å². The summed E-state index contributed by atoms with van der Waals surface area (Å²) in [4.78, 5) is 2.46. The van der Waals surface area contributed by atoms with Gasteiger partial charge in [0.15, 0.2) is 0 Å². The molecule has 0 bridgehead atoms. The zero-order valence-electron chi connectivity index (χ0n) is 11.4. The Hall–Kier alpha value is -1.68. The maximum atomic E-state index is 5.83. The average Bonchev–Trinajstić information content (AvgIpc) is 3.09. The van der Waals surface area contributed by atoms with Crippen LogP contribution in [0.4, 0.5) is 0 Å². The maximum Gasteiger partial charge on any atom is 0.247 e. The van der Waals surface area contributed by atoms with Gasteiger partial charge in [0.25, 0.3) is 0 Å². The van der Waals surface area contributed by atoms with Crippen molar-refractivity contribution >= 4 is 0 Å². The van der Waals surface area contributed by atoms with Crippen LogP contribution in [0, 0.1) is 0 Å². The fourth-order valence-corrected chi connectivity index (χ4v) is 2.55. The van der Waals surface area contributed by atoms with Crippen LogP contribution in [0.2, 0.25) is 0 Å². The van der Waals surface area contributed by atoms with Gasteiger partial charge in [-0.15, -0.1) is 10.2 Å². The average molecular weight is 257 g/mol. The molecule has 1 saturated heterocycles. The predicted octanol–water partition coefficient (Wildman–Crippen LogP) is 2.93. The number of aromatic nitrogens is 2. The number of likely N-dealkylation sites (tertiary alicyclic amines) is 1. The van der Waals surface area contributed by atoms with Crippen LogP contribution in [-0.4, -0.2) is 34.2 Å². The second-order valence-corrected chi connectivity index (χ2v) is 5.39. The summed E-state index contributed by atoms with van der Waals surface area (Å²) in [6.07, 6.45) is 1.11. The summed E-state index contributed by atoms with van der Waals surface area (Å²) in [7, 11) is 0. The summed E-state index contributed by atoms with van der Waals surface area (Å²) in [5.74, 6) is 1.79. The number of hydrogen-bond acceptors (Lipinski definition) is 4. The van der Waals surface area contributed by atoms with E-state index >= 15 is 0 Å². The van der Waals surface area contributed by atoms with Crippen molar-refractivity contribution in [2.75, 3.05) is 13.1 Å². The summed E-state index contributed by atoms with van der Waals surface area (Å²) >= 11 is 0. The lowest BCUT2D eigenvalue weighted by atomic mass is 10.1. The molecular formula is C15H19N3O. The summed E-state index contributed by atoms with van der Waals surface area (Å²) in [5, 5.41) is 8.39. The minimum Gasteiger partial charge on any atom is -0.420 e. The van der Waals surface area contributed by atoms with Gasteiger partial charge in [-0.1, -0.05) is 18.2 Å². The Kier molecular flexibility index (Phi) is 3.34. The van der Waals surface area contributed by atoms with Gasteiger partial charge in [-0.3, -0.25) is 0 Å². The van der Waals surface area contributed by atoms with Crippen LogP contribution in [0.1, 0.15) is 32.1 Å². The van der Waals surface area contributed by atoms with Gasteiger partial charge in [0.1, 0.15) is 0 Å². The third-order valence-electron chi connectivity index (χ3n) is 3.76. The molecule has 2 heterocycles. The molecule has 0 saturated carbocycles. The molecule has 19 heavy (non-hydrogen) atoms. The highest BCUT2D eigenvalue weighted by Crippen LogP contribution is 2.29. The highest BCUT2D eigenvalue weighted by atomic mass is 16.4. The topological polar surface area (TPSA) is 42.2 Å². The van der Waals surface area contributed by atoms with E-state index in [2.05, 4.69) is 28.9 Å². The summed E-state index contributed by atoms with van der Waals surface area (Å²) in [6, 6.07) is 10.5. The molecule has 0 radical (unpaired) electrons. The van der Waals surface area contributed by atoms with E-state index in [4.69, 9.17) is 4.42 Å². The van der Waals surface area contributed by atoms with E-state index < -0.39 is 0 Å². The zero-order valence-corrected chi connectivity index (χ0v) is 11.4. The van der Waals surface area contributed by atoms with Crippen molar-refractivity contribution in [2.24, 2.45) is 0 Å². The lowest BCUT2D eigenvalue weighted by molar-refractivity contribution is 0.269. The van der Waals surface area contributed by atoms with Crippen LogP contribution in [0.3, 0.4) is 0 Å². The molecule has 0 amide bonds. The quantitative estimate of drug-likeness (QED) is 0.848. The largest absolute Gasteiger partial charge is 0.420 e. The van der Waals surface area contributed by atoms with Crippen LogP contribution in [0.5, 0.6) is 0 Å². The molecule has 1 fully saturated rings. The minimum atomic E-state index is 0.382. The van der Waals surface area contributed by atoms with E-state index in [1.807, 2.05) is 30.3 Å². The van der Waals surface area contributed by atoms with Crippen molar-refractivity contribution < 1.29 is 4.42 Å². The molecule has 3 rings (SSSR count). The first-order chi connectivity index (χ1) is 9.24. The normalized spacial score (nSPS) is 20.3. The number of rotatable bonds is 3. The molecule has 1 aromatic carbocycles. The number of hydrogen-bond donors (Lipinski definition) is 0. The Labute approximate surface area is 113 Å². The molecule has 2 aromatic rings. The van der Waals surface area contributed by atoms with E-state index in [0.717, 1.165) is 31.0 Å². The van der Waals surface area contributed by atoms with Gasteiger partial charge in [-0.2, -0.15) is 0 Å². The Bertz CT molecular complexity index is 535. The highest BCUT2D eigenvalue weighted by Gasteiger charge is 2.29. The zero-order chi connectivity index (χ0) is 13.2. The molecule has 100 valence electrons. The number of nitrogens with zero attached hydrogens (tertiary/aromatic N) is 3. The first-order valence-corrected chi connectivity index (χ1v) is 6.87. The van der Waals surface area contributed by atoms with E-state index in [1.165, 1.54) is 0 Å². The number of benzene rings is 1. The van der Waals surface area contributed by atoms with Crippen molar-refractivity contribution in [3.8, 4) is 11.5 Å². The lowest BCUT2D eigenvalue weighted by Gasteiger charge is -2.19. The van der Waals surface area contributed by atoms with E-state index in [9.17, 15) is 0 Å². The van der Waals surface area contributed by atoms with Gasteiger partial charge in [-0.25, -0.2) is 0 Å². The van der Waals surface area contributed by atoms with Crippen LogP contribution >= 0.6 is 0 Å². The van der Waals surface area contributed by atoms with Gasteiger partial charge in [0, 0.05) is 18.2 Å². The van der Waals surface area contributed by atoms with Crippen molar-refractivity contribution in [1.82, 2.24) is 15.1 Å². The molecule has 1 atom stereocenters. The molecule has 0 aliphatic carbocycles. The van der Waals surface area contributed by atoms with Gasteiger partial charge < -0.3 is 9.32 Å². The molecule has 1 aromatic heterocycles. The van der Waals surface area contributed by atoms with Gasteiger partial charge in [0.2, 0.25) is 11.8 Å². The molecule has 0 spiro atoms. The predicted molar refractivity (Wildman–Crippen MR) is 73.8 cm³/mol. The smallest absolute Gasteiger partial charge is 0.247 e. The van der Waals surface area contributed by atoms with Gasteiger partial charge in [0.05, 0.1) is 5.92 Å². The molecule has 0 N–H and O–H groups in total. The van der Waals surface area contributed by atoms with E-state index in [0.29, 0.717) is 17.9 Å². The van der Waals surface area contributed by atoms with E-state index in [-0.39, 0.29) is 0 Å². The standard InChI is InChI=1S/C15H19N3O/c1-11(2)18-9-8-13(10-18)15-17-16-14(19-15)12-6-4-3-5-7-12/h3-7,11,13H,8-10H2,1-2H3/t13-/m0/s1. The SMILES string of the molecule is CC(C)N1CC[C@H](c2nnc(-c3ccccc3)o2)C1. The van der Waals surface area contributed by atoms with Crippen LogP contribution in [-0.2, 0) is 0 Å². The molecule has 1 aliphatic heterocycles. The van der Waals surface area contributed by atoms with Crippen LogP contribution < -0.4 is 0 Å². The van der Waals surface area contributed by atoms with Crippen molar-refractivity contribution in [3.63, 3.8) is 0 Å². The second-order valence-electron chi connectivity index (χ2n) is 5.39. The Morgan fingerprint density at radius 3 is 2.68 bits per heavy atom. The monoisotopic (exact) mass is 257 g/mol. The van der Waals surface area contributed by atoms with Crippen molar-refractivity contribution in [3.05, 3.63) is 36.2 Å². The van der Waals surface area contributed by atoms with Gasteiger partial charge in [-0.05, 0) is 38.9 Å². The maximum absolute atomic E-state index is 5.83. The lowest BCUT2D eigenvalue weighted by Crippen LogP contribution is -2.27. The second kappa shape index (κ2) is 5.13. The minimum absolute atomic E-state index is 0.382. The van der Waals surface area contributed by atoms with Gasteiger partial charge >= 0.3 is 0 Å². The van der Waals surface area contributed by atoms with Crippen LogP contribution in [0.25, 0.3) is 11.5 Å². The molecule has 4 nitrogen and oxygen atoms in total. The van der Waals surface area contributed by atoms with Crippen molar-refractivity contribution in [1.29, 1.82) is 0 Å². The molecular weight excluding hydrogens is 238 g/mol. The molecule has 1 aliphatic rings. The Morgan fingerprint density at radius 1 is 1.21 bits per heavy atom. The Balaban J connectivity index is 1.76. The molecule has 4 heteroatoms. The molecule has 0 unspecified atom stereocenters. The summed E-state index contributed by atoms with van der Waals surface area (Å²) in [6.45, 7) is 6.59. The Morgan fingerprint density at radius 2 is 2.00 bits per heavy atom. The first-order valence-electron chi connectivity index (χ1n) is 6.87. The fourth-order valence-electron chi connectivity index (χ4n) is 2.55.